The summed E-state index contributed by atoms with van der Waals surface area (Å²) in [4.78, 5) is 2.43. The van der Waals surface area contributed by atoms with Gasteiger partial charge < -0.3 is 10.8 Å². The van der Waals surface area contributed by atoms with E-state index < -0.39 is 0 Å². The first kappa shape index (κ1) is 12.6. The lowest BCUT2D eigenvalue weighted by molar-refractivity contribution is 0.116. The number of nitrogens with zero attached hydrogens (tertiary/aromatic N) is 1. The number of rotatable bonds is 4. The van der Waals surface area contributed by atoms with E-state index in [2.05, 4.69) is 29.2 Å². The van der Waals surface area contributed by atoms with Gasteiger partial charge in [-0.05, 0) is 36.4 Å². The predicted molar refractivity (Wildman–Crippen MR) is 69.4 cm³/mol. The van der Waals surface area contributed by atoms with Gasteiger partial charge in [-0.1, -0.05) is 24.3 Å². The second-order valence-corrected chi connectivity index (χ2v) is 4.95. The fourth-order valence-corrected chi connectivity index (χ4v) is 2.48. The van der Waals surface area contributed by atoms with Crippen LogP contribution in [0.15, 0.2) is 24.3 Å². The van der Waals surface area contributed by atoms with Crippen molar-refractivity contribution in [3.05, 3.63) is 35.4 Å². The summed E-state index contributed by atoms with van der Waals surface area (Å²) in [5.74, 6) is 0.465. The van der Waals surface area contributed by atoms with Gasteiger partial charge in [-0.15, -0.1) is 0 Å². The first-order valence-electron chi connectivity index (χ1n) is 6.43. The molecule has 0 saturated carbocycles. The van der Waals surface area contributed by atoms with Crippen molar-refractivity contribution >= 4 is 0 Å². The Morgan fingerprint density at radius 1 is 1.24 bits per heavy atom. The Kier molecular flexibility index (Phi) is 4.54. The molecule has 1 unspecified atom stereocenters. The highest BCUT2D eigenvalue weighted by Crippen LogP contribution is 2.18. The fourth-order valence-electron chi connectivity index (χ4n) is 2.48. The number of benzene rings is 1. The van der Waals surface area contributed by atoms with Gasteiger partial charge in [0.1, 0.15) is 0 Å². The molecule has 3 N–H and O–H groups in total. The smallest absolute Gasteiger partial charge is 0.0471 e. The second-order valence-electron chi connectivity index (χ2n) is 4.95. The van der Waals surface area contributed by atoms with Gasteiger partial charge >= 0.3 is 0 Å². The van der Waals surface area contributed by atoms with E-state index in [9.17, 15) is 5.11 Å². The summed E-state index contributed by atoms with van der Waals surface area (Å²) >= 11 is 0. The molecular formula is C14H22N2O. The van der Waals surface area contributed by atoms with Crippen LogP contribution in [0.1, 0.15) is 24.0 Å². The standard InChI is InChI=1S/C14H22N2O/c15-8-12-3-5-13(6-4-12)9-16-7-1-2-14(10-16)11-17/h3-6,14,17H,1-2,7-11,15H2. The number of hydrogen-bond acceptors (Lipinski definition) is 3. The average Bonchev–Trinajstić information content (AvgIpc) is 2.40. The van der Waals surface area contributed by atoms with Crippen molar-refractivity contribution < 1.29 is 5.11 Å². The number of piperidine rings is 1. The quantitative estimate of drug-likeness (QED) is 0.827. The molecule has 1 atom stereocenters. The first-order valence-corrected chi connectivity index (χ1v) is 6.43. The molecule has 1 aliphatic heterocycles. The van der Waals surface area contributed by atoms with Crippen molar-refractivity contribution in [2.24, 2.45) is 11.7 Å². The van der Waals surface area contributed by atoms with Crippen LogP contribution in [-0.4, -0.2) is 29.7 Å². The Morgan fingerprint density at radius 3 is 2.59 bits per heavy atom. The van der Waals surface area contributed by atoms with Crippen molar-refractivity contribution in [3.63, 3.8) is 0 Å². The zero-order valence-electron chi connectivity index (χ0n) is 10.3. The molecule has 94 valence electrons. The maximum atomic E-state index is 9.20. The van der Waals surface area contributed by atoms with Crippen molar-refractivity contribution in [2.75, 3.05) is 19.7 Å². The monoisotopic (exact) mass is 234 g/mol. The van der Waals surface area contributed by atoms with Crippen molar-refractivity contribution in [1.82, 2.24) is 4.90 Å². The zero-order valence-corrected chi connectivity index (χ0v) is 10.3. The summed E-state index contributed by atoms with van der Waals surface area (Å²) < 4.78 is 0. The Balaban J connectivity index is 1.90. The van der Waals surface area contributed by atoms with E-state index in [0.717, 1.165) is 19.6 Å². The largest absolute Gasteiger partial charge is 0.396 e. The highest BCUT2D eigenvalue weighted by Gasteiger charge is 2.18. The summed E-state index contributed by atoms with van der Waals surface area (Å²) in [6.45, 7) is 4.09. The highest BCUT2D eigenvalue weighted by molar-refractivity contribution is 5.22. The molecule has 0 radical (unpaired) electrons. The summed E-state index contributed by atoms with van der Waals surface area (Å²) in [6, 6.07) is 8.51. The van der Waals surface area contributed by atoms with Crippen LogP contribution in [0.4, 0.5) is 0 Å². The van der Waals surface area contributed by atoms with Crippen molar-refractivity contribution in [2.45, 2.75) is 25.9 Å². The molecule has 1 heterocycles. The van der Waals surface area contributed by atoms with E-state index in [-0.39, 0.29) is 0 Å². The third-order valence-electron chi connectivity index (χ3n) is 3.53. The van der Waals surface area contributed by atoms with E-state index in [1.807, 2.05) is 0 Å². The average molecular weight is 234 g/mol. The number of nitrogens with two attached hydrogens (primary N) is 1. The molecule has 0 aliphatic carbocycles. The van der Waals surface area contributed by atoms with Crippen LogP contribution in [0.5, 0.6) is 0 Å². The van der Waals surface area contributed by atoms with E-state index in [4.69, 9.17) is 5.73 Å². The Bertz CT molecular complexity index is 337. The van der Waals surface area contributed by atoms with Crippen molar-refractivity contribution in [3.8, 4) is 0 Å². The van der Waals surface area contributed by atoms with E-state index >= 15 is 0 Å². The van der Waals surface area contributed by atoms with Gasteiger partial charge in [-0.2, -0.15) is 0 Å². The molecule has 3 nitrogen and oxygen atoms in total. The minimum Gasteiger partial charge on any atom is -0.396 e. The van der Waals surface area contributed by atoms with Gasteiger partial charge in [-0.3, -0.25) is 4.90 Å². The molecule has 1 aromatic rings. The Hall–Kier alpha value is -0.900. The molecule has 2 rings (SSSR count). The third kappa shape index (κ3) is 3.53. The number of aliphatic hydroxyl groups excluding tert-OH is 1. The number of hydrogen-bond donors (Lipinski definition) is 2. The van der Waals surface area contributed by atoms with E-state index in [1.165, 1.54) is 24.0 Å². The maximum Gasteiger partial charge on any atom is 0.0471 e. The first-order chi connectivity index (χ1) is 8.31. The van der Waals surface area contributed by atoms with Crippen LogP contribution >= 0.6 is 0 Å². The van der Waals surface area contributed by atoms with Gasteiger partial charge in [0.15, 0.2) is 0 Å². The number of aliphatic hydroxyl groups is 1. The summed E-state index contributed by atoms with van der Waals surface area (Å²) in [5.41, 5.74) is 8.10. The lowest BCUT2D eigenvalue weighted by atomic mass is 9.98. The van der Waals surface area contributed by atoms with Crippen LogP contribution in [-0.2, 0) is 13.1 Å². The van der Waals surface area contributed by atoms with Gasteiger partial charge in [-0.25, -0.2) is 0 Å². The fraction of sp³-hybridized carbons (Fsp3) is 0.571. The molecule has 3 heteroatoms. The third-order valence-corrected chi connectivity index (χ3v) is 3.53. The van der Waals surface area contributed by atoms with Gasteiger partial charge in [0.2, 0.25) is 0 Å². The number of likely N-dealkylation sites (tertiary alicyclic amines) is 1. The molecule has 0 bridgehead atoms. The van der Waals surface area contributed by atoms with Crippen LogP contribution in [0.3, 0.4) is 0 Å². The minimum atomic E-state index is 0.322. The topological polar surface area (TPSA) is 49.5 Å². The van der Waals surface area contributed by atoms with Gasteiger partial charge in [0.05, 0.1) is 0 Å². The molecule has 0 aromatic heterocycles. The molecule has 1 aromatic carbocycles. The molecule has 1 fully saturated rings. The highest BCUT2D eigenvalue weighted by atomic mass is 16.3. The molecular weight excluding hydrogens is 212 g/mol. The van der Waals surface area contributed by atoms with E-state index in [0.29, 0.717) is 19.1 Å². The zero-order chi connectivity index (χ0) is 12.1. The minimum absolute atomic E-state index is 0.322. The predicted octanol–water partition coefficient (Wildman–Crippen LogP) is 1.35. The maximum absolute atomic E-state index is 9.20. The van der Waals surface area contributed by atoms with Gasteiger partial charge in [0, 0.05) is 26.2 Å². The molecule has 17 heavy (non-hydrogen) atoms. The molecule has 0 spiro atoms. The Morgan fingerprint density at radius 2 is 1.94 bits per heavy atom. The molecule has 1 saturated heterocycles. The summed E-state index contributed by atoms with van der Waals surface area (Å²) in [6.07, 6.45) is 2.37. The summed E-state index contributed by atoms with van der Waals surface area (Å²) in [5, 5.41) is 9.20. The lowest BCUT2D eigenvalue weighted by Crippen LogP contribution is -2.36. The van der Waals surface area contributed by atoms with Crippen LogP contribution in [0.2, 0.25) is 0 Å². The Labute approximate surface area is 103 Å². The lowest BCUT2D eigenvalue weighted by Gasteiger charge is -2.31. The van der Waals surface area contributed by atoms with Crippen LogP contribution in [0.25, 0.3) is 0 Å². The normalized spacial score (nSPS) is 21.6. The summed E-state index contributed by atoms with van der Waals surface area (Å²) in [7, 11) is 0. The second kappa shape index (κ2) is 6.15. The van der Waals surface area contributed by atoms with Crippen LogP contribution < -0.4 is 5.73 Å². The van der Waals surface area contributed by atoms with Crippen LogP contribution in [0, 0.1) is 5.92 Å². The van der Waals surface area contributed by atoms with Crippen molar-refractivity contribution in [1.29, 1.82) is 0 Å². The SMILES string of the molecule is NCc1ccc(CN2CCCC(CO)C2)cc1. The van der Waals surface area contributed by atoms with E-state index in [1.54, 1.807) is 0 Å². The van der Waals surface area contributed by atoms with Gasteiger partial charge in [0.25, 0.3) is 0 Å². The molecule has 0 amide bonds. The molecule has 1 aliphatic rings.